The Kier molecular flexibility index (Phi) is 3.81. The van der Waals surface area contributed by atoms with E-state index in [9.17, 15) is 0 Å². The summed E-state index contributed by atoms with van der Waals surface area (Å²) in [4.78, 5) is 0. The Labute approximate surface area is 138 Å². The van der Waals surface area contributed by atoms with Gasteiger partial charge in [0.25, 0.3) is 0 Å². The summed E-state index contributed by atoms with van der Waals surface area (Å²) >= 11 is 0. The molecule has 0 saturated carbocycles. The highest BCUT2D eigenvalue weighted by Crippen LogP contribution is 2.35. The second kappa shape index (κ2) is 6.26. The molecule has 0 nitrogen and oxygen atoms in total. The molecule has 0 amide bonds. The number of hydrogen-bond acceptors (Lipinski definition) is 0. The van der Waals surface area contributed by atoms with Crippen molar-refractivity contribution in [2.45, 2.75) is 18.8 Å². The van der Waals surface area contributed by atoms with Crippen LogP contribution >= 0.6 is 0 Å². The van der Waals surface area contributed by atoms with E-state index < -0.39 is 0 Å². The summed E-state index contributed by atoms with van der Waals surface area (Å²) in [7, 11) is 0. The second-order valence-electron chi connectivity index (χ2n) is 6.24. The quantitative estimate of drug-likeness (QED) is 0.585. The van der Waals surface area contributed by atoms with Gasteiger partial charge in [-0.25, -0.2) is 0 Å². The van der Waals surface area contributed by atoms with Gasteiger partial charge in [-0.3, -0.25) is 0 Å². The van der Waals surface area contributed by atoms with E-state index in [1.807, 2.05) is 0 Å². The molecule has 1 atom stereocenters. The fraction of sp³-hybridized carbons (Fsp3) is 0.130. The molecule has 3 aromatic carbocycles. The van der Waals surface area contributed by atoms with Crippen LogP contribution in [0.4, 0.5) is 0 Å². The molecule has 3 aromatic rings. The molecule has 0 radical (unpaired) electrons. The van der Waals surface area contributed by atoms with E-state index in [1.54, 1.807) is 0 Å². The molecule has 0 heteroatoms. The Morgan fingerprint density at radius 1 is 0.652 bits per heavy atom. The highest BCUT2D eigenvalue weighted by atomic mass is 14.2. The summed E-state index contributed by atoms with van der Waals surface area (Å²) in [5, 5.41) is 0. The van der Waals surface area contributed by atoms with Crippen LogP contribution in [0.2, 0.25) is 0 Å². The Morgan fingerprint density at radius 3 is 2.09 bits per heavy atom. The Morgan fingerprint density at radius 2 is 1.35 bits per heavy atom. The zero-order valence-corrected chi connectivity index (χ0v) is 13.2. The zero-order valence-electron chi connectivity index (χ0n) is 13.2. The molecule has 0 fully saturated rings. The van der Waals surface area contributed by atoms with E-state index in [4.69, 9.17) is 0 Å². The maximum absolute atomic E-state index is 2.37. The summed E-state index contributed by atoms with van der Waals surface area (Å²) in [5.74, 6) is 0.503. The molecule has 0 N–H and O–H groups in total. The van der Waals surface area contributed by atoms with Crippen LogP contribution in [0.5, 0.6) is 0 Å². The van der Waals surface area contributed by atoms with E-state index in [0.29, 0.717) is 5.92 Å². The number of benzene rings is 3. The predicted molar refractivity (Wildman–Crippen MR) is 97.6 cm³/mol. The Balaban J connectivity index is 1.61. The first-order valence-corrected chi connectivity index (χ1v) is 8.28. The van der Waals surface area contributed by atoms with Crippen molar-refractivity contribution in [3.63, 3.8) is 0 Å². The minimum atomic E-state index is 0.503. The molecule has 1 unspecified atom stereocenters. The van der Waals surface area contributed by atoms with Gasteiger partial charge in [0.2, 0.25) is 0 Å². The van der Waals surface area contributed by atoms with Crippen molar-refractivity contribution in [2.75, 3.05) is 0 Å². The predicted octanol–water partition coefficient (Wildman–Crippen LogP) is 5.63. The molecule has 1 aliphatic carbocycles. The summed E-state index contributed by atoms with van der Waals surface area (Å²) in [5.41, 5.74) is 7.12. The maximum Gasteiger partial charge on any atom is 0.00677 e. The molecule has 0 bridgehead atoms. The maximum atomic E-state index is 2.37. The average Bonchev–Trinajstić information content (AvgIpc) is 3.01. The lowest BCUT2D eigenvalue weighted by Gasteiger charge is -2.13. The summed E-state index contributed by atoms with van der Waals surface area (Å²) in [6, 6.07) is 28.3. The number of hydrogen-bond donors (Lipinski definition) is 0. The molecule has 0 saturated heterocycles. The fourth-order valence-corrected chi connectivity index (χ4v) is 3.49. The van der Waals surface area contributed by atoms with Gasteiger partial charge in [-0.05, 0) is 40.7 Å². The van der Waals surface area contributed by atoms with Crippen LogP contribution in [0.3, 0.4) is 0 Å². The van der Waals surface area contributed by atoms with Crippen molar-refractivity contribution in [3.8, 4) is 0 Å². The van der Waals surface area contributed by atoms with Crippen LogP contribution in [0.25, 0.3) is 6.08 Å². The van der Waals surface area contributed by atoms with Crippen molar-refractivity contribution in [1.29, 1.82) is 0 Å². The largest absolute Gasteiger partial charge is 0.0760 e. The summed E-state index contributed by atoms with van der Waals surface area (Å²) in [6.07, 6.45) is 6.78. The van der Waals surface area contributed by atoms with E-state index in [2.05, 4.69) is 91.0 Å². The molecular weight excluding hydrogens is 276 g/mol. The minimum Gasteiger partial charge on any atom is -0.0760 e. The second-order valence-corrected chi connectivity index (χ2v) is 6.24. The van der Waals surface area contributed by atoms with Crippen LogP contribution in [0.15, 0.2) is 84.9 Å². The van der Waals surface area contributed by atoms with Gasteiger partial charge < -0.3 is 0 Å². The van der Waals surface area contributed by atoms with Gasteiger partial charge >= 0.3 is 0 Å². The first-order chi connectivity index (χ1) is 11.4. The van der Waals surface area contributed by atoms with Crippen molar-refractivity contribution < 1.29 is 0 Å². The SMILES string of the molecule is C1=CC(Cc2ccccc2)c2cccc(Cc3ccccc3)c21. The molecule has 1 aliphatic rings. The van der Waals surface area contributed by atoms with Crippen LogP contribution in [0.1, 0.15) is 33.7 Å². The topological polar surface area (TPSA) is 0 Å². The zero-order chi connectivity index (χ0) is 15.5. The van der Waals surface area contributed by atoms with Crippen molar-refractivity contribution in [2.24, 2.45) is 0 Å². The Hall–Kier alpha value is -2.60. The average molecular weight is 296 g/mol. The molecule has 0 spiro atoms. The van der Waals surface area contributed by atoms with E-state index in [0.717, 1.165) is 12.8 Å². The lowest BCUT2D eigenvalue weighted by atomic mass is 9.91. The fourth-order valence-electron chi connectivity index (χ4n) is 3.49. The van der Waals surface area contributed by atoms with Gasteiger partial charge in [0.15, 0.2) is 0 Å². The van der Waals surface area contributed by atoms with Crippen LogP contribution in [-0.2, 0) is 12.8 Å². The van der Waals surface area contributed by atoms with Crippen LogP contribution in [0, 0.1) is 0 Å². The molecule has 23 heavy (non-hydrogen) atoms. The first-order valence-electron chi connectivity index (χ1n) is 8.28. The normalized spacial score (nSPS) is 15.6. The number of allylic oxidation sites excluding steroid dienone is 1. The molecule has 0 aliphatic heterocycles. The first kappa shape index (κ1) is 14.0. The number of rotatable bonds is 4. The molecule has 0 aromatic heterocycles. The highest BCUT2D eigenvalue weighted by Gasteiger charge is 2.19. The molecule has 4 rings (SSSR count). The Bertz CT molecular complexity index is 813. The van der Waals surface area contributed by atoms with Gasteiger partial charge in [0.05, 0.1) is 0 Å². The van der Waals surface area contributed by atoms with Crippen LogP contribution < -0.4 is 0 Å². The highest BCUT2D eigenvalue weighted by molar-refractivity contribution is 5.66. The van der Waals surface area contributed by atoms with E-state index in [-0.39, 0.29) is 0 Å². The van der Waals surface area contributed by atoms with Gasteiger partial charge in [-0.15, -0.1) is 0 Å². The third-order valence-electron chi connectivity index (χ3n) is 4.66. The minimum absolute atomic E-state index is 0.503. The van der Waals surface area contributed by atoms with Crippen LogP contribution in [-0.4, -0.2) is 0 Å². The van der Waals surface area contributed by atoms with Crippen molar-refractivity contribution in [1.82, 2.24) is 0 Å². The third kappa shape index (κ3) is 2.98. The van der Waals surface area contributed by atoms with Gasteiger partial charge in [0.1, 0.15) is 0 Å². The van der Waals surface area contributed by atoms with E-state index in [1.165, 1.54) is 27.8 Å². The number of fused-ring (bicyclic) bond motifs is 1. The summed E-state index contributed by atoms with van der Waals surface area (Å²) < 4.78 is 0. The van der Waals surface area contributed by atoms with Crippen molar-refractivity contribution in [3.05, 3.63) is 113 Å². The third-order valence-corrected chi connectivity index (χ3v) is 4.66. The monoisotopic (exact) mass is 296 g/mol. The molecule has 0 heterocycles. The molecule has 112 valence electrons. The van der Waals surface area contributed by atoms with Crippen molar-refractivity contribution >= 4 is 6.08 Å². The standard InChI is InChI=1S/C23H20/c1-3-8-18(9-4-1)16-20-12-7-13-22-21(14-15-23(20)22)17-19-10-5-2-6-11-19/h1-15,21H,16-17H2. The molecular formula is C23H20. The van der Waals surface area contributed by atoms with E-state index >= 15 is 0 Å². The van der Waals surface area contributed by atoms with Gasteiger partial charge in [-0.1, -0.05) is 91.0 Å². The van der Waals surface area contributed by atoms with Gasteiger partial charge in [0, 0.05) is 5.92 Å². The van der Waals surface area contributed by atoms with Gasteiger partial charge in [-0.2, -0.15) is 0 Å². The smallest absolute Gasteiger partial charge is 0.00677 e. The lowest BCUT2D eigenvalue weighted by molar-refractivity contribution is 0.848. The summed E-state index contributed by atoms with van der Waals surface area (Å²) in [6.45, 7) is 0. The lowest BCUT2D eigenvalue weighted by Crippen LogP contribution is -2.00.